The summed E-state index contributed by atoms with van der Waals surface area (Å²) in [6, 6.07) is 13.2. The molecule has 0 fully saturated rings. The molecule has 0 radical (unpaired) electrons. The number of nitrogens with zero attached hydrogens (tertiary/aromatic N) is 2. The van der Waals surface area contributed by atoms with Crippen molar-refractivity contribution in [3.63, 3.8) is 0 Å². The predicted molar refractivity (Wildman–Crippen MR) is 52.7 cm³/mol. The summed E-state index contributed by atoms with van der Waals surface area (Å²) in [4.78, 5) is 0. The molecule has 0 bridgehead atoms. The van der Waals surface area contributed by atoms with Gasteiger partial charge in [-0.05, 0) is 12.1 Å². The van der Waals surface area contributed by atoms with E-state index >= 15 is 0 Å². The fourth-order valence-corrected chi connectivity index (χ4v) is 0.897. The van der Waals surface area contributed by atoms with E-state index < -0.39 is 5.92 Å². The normalized spacial score (nSPS) is 8.21. The maximum absolute atomic E-state index is 8.48. The first-order valence-corrected chi connectivity index (χ1v) is 4.20. The fourth-order valence-electron chi connectivity index (χ4n) is 0.897. The Kier molecular flexibility index (Phi) is 3.81. The molecule has 0 unspecified atom stereocenters. The van der Waals surface area contributed by atoms with Crippen LogP contribution >= 0.6 is 0 Å². The molecule has 0 atom stereocenters. The maximum atomic E-state index is 8.48. The molecule has 0 aliphatic carbocycles. The first-order valence-electron chi connectivity index (χ1n) is 4.20. The van der Waals surface area contributed by atoms with Gasteiger partial charge in [-0.25, -0.2) is 0 Å². The third kappa shape index (κ3) is 3.02. The Morgan fingerprint density at radius 2 is 1.71 bits per heavy atom. The average molecular weight is 180 g/mol. The first-order chi connectivity index (χ1) is 6.86. The van der Waals surface area contributed by atoms with Gasteiger partial charge >= 0.3 is 0 Å². The Bertz CT molecular complexity index is 409. The molecule has 2 heteroatoms. The molecule has 0 aliphatic rings. The lowest BCUT2D eigenvalue weighted by atomic mass is 10.1. The van der Waals surface area contributed by atoms with Crippen LogP contribution in [0.3, 0.4) is 0 Å². The monoisotopic (exact) mass is 180 g/mol. The summed E-state index contributed by atoms with van der Waals surface area (Å²) in [5, 5.41) is 17.0. The summed E-state index contributed by atoms with van der Waals surface area (Å²) in [5.74, 6) is 5.08. The van der Waals surface area contributed by atoms with Crippen molar-refractivity contribution in [2.24, 2.45) is 5.92 Å². The minimum absolute atomic E-state index is 0.307. The molecule has 0 amide bonds. The summed E-state index contributed by atoms with van der Waals surface area (Å²) >= 11 is 0. The zero-order valence-electron chi connectivity index (χ0n) is 7.57. The molecule has 66 valence electrons. The molecule has 0 aromatic heterocycles. The Morgan fingerprint density at radius 1 is 1.07 bits per heavy atom. The Hall–Kier alpha value is -2.24. The second kappa shape index (κ2) is 5.41. The van der Waals surface area contributed by atoms with Crippen LogP contribution in [0, 0.1) is 40.4 Å². The molecule has 0 aliphatic heterocycles. The lowest BCUT2D eigenvalue weighted by molar-refractivity contribution is 0.883. The highest BCUT2D eigenvalue weighted by atomic mass is 14.3. The smallest absolute Gasteiger partial charge is 0.144 e. The van der Waals surface area contributed by atoms with Gasteiger partial charge in [-0.1, -0.05) is 30.0 Å². The number of benzene rings is 1. The number of rotatable bonds is 1. The zero-order chi connectivity index (χ0) is 10.2. The van der Waals surface area contributed by atoms with Crippen molar-refractivity contribution in [1.82, 2.24) is 0 Å². The predicted octanol–water partition coefficient (Wildman–Crippen LogP) is 2.09. The van der Waals surface area contributed by atoms with Crippen molar-refractivity contribution in [2.75, 3.05) is 0 Å². The van der Waals surface area contributed by atoms with Gasteiger partial charge in [0.05, 0.1) is 12.1 Å². The van der Waals surface area contributed by atoms with E-state index in [-0.39, 0.29) is 0 Å². The standard InChI is InChI=1S/C12H8N2/c13-9-12(10-14)8-4-7-11-5-2-1-3-6-11/h1-3,5-6,12H,8H2. The summed E-state index contributed by atoms with van der Waals surface area (Å²) in [5.41, 5.74) is 0.905. The van der Waals surface area contributed by atoms with E-state index in [9.17, 15) is 0 Å². The van der Waals surface area contributed by atoms with E-state index in [0.29, 0.717) is 6.42 Å². The van der Waals surface area contributed by atoms with Crippen LogP contribution in [0.5, 0.6) is 0 Å². The molecule has 2 nitrogen and oxygen atoms in total. The maximum Gasteiger partial charge on any atom is 0.144 e. The lowest BCUT2D eigenvalue weighted by Gasteiger charge is -1.88. The lowest BCUT2D eigenvalue weighted by Crippen LogP contribution is -1.89. The van der Waals surface area contributed by atoms with Crippen molar-refractivity contribution >= 4 is 0 Å². The highest BCUT2D eigenvalue weighted by molar-refractivity contribution is 5.33. The Balaban J connectivity index is 2.59. The van der Waals surface area contributed by atoms with Gasteiger partial charge in [0.2, 0.25) is 0 Å². The number of nitriles is 2. The van der Waals surface area contributed by atoms with E-state index in [2.05, 4.69) is 11.8 Å². The Morgan fingerprint density at radius 3 is 2.29 bits per heavy atom. The van der Waals surface area contributed by atoms with Crippen LogP contribution in [-0.4, -0.2) is 0 Å². The van der Waals surface area contributed by atoms with Crippen LogP contribution in [0.1, 0.15) is 12.0 Å². The van der Waals surface area contributed by atoms with E-state index in [4.69, 9.17) is 10.5 Å². The molecule has 0 heterocycles. The van der Waals surface area contributed by atoms with Crippen LogP contribution in [0.2, 0.25) is 0 Å². The summed E-state index contributed by atoms with van der Waals surface area (Å²) < 4.78 is 0. The molecule has 0 N–H and O–H groups in total. The van der Waals surface area contributed by atoms with Crippen LogP contribution in [-0.2, 0) is 0 Å². The third-order valence-corrected chi connectivity index (χ3v) is 1.62. The summed E-state index contributed by atoms with van der Waals surface area (Å²) in [6.07, 6.45) is 0.307. The summed E-state index contributed by atoms with van der Waals surface area (Å²) in [7, 11) is 0. The number of hydrogen-bond donors (Lipinski definition) is 0. The minimum Gasteiger partial charge on any atom is -0.197 e. The molecule has 0 saturated heterocycles. The quantitative estimate of drug-likeness (QED) is 0.621. The van der Waals surface area contributed by atoms with Gasteiger partial charge in [-0.2, -0.15) is 10.5 Å². The van der Waals surface area contributed by atoms with E-state index in [1.54, 1.807) is 0 Å². The van der Waals surface area contributed by atoms with Crippen molar-refractivity contribution in [1.29, 1.82) is 10.5 Å². The molecule has 1 aromatic carbocycles. The van der Waals surface area contributed by atoms with E-state index in [1.807, 2.05) is 42.5 Å². The minimum atomic E-state index is -0.619. The highest BCUT2D eigenvalue weighted by Crippen LogP contribution is 1.99. The second-order valence-electron chi connectivity index (χ2n) is 2.68. The van der Waals surface area contributed by atoms with Crippen molar-refractivity contribution < 1.29 is 0 Å². The van der Waals surface area contributed by atoms with Gasteiger partial charge in [-0.15, -0.1) is 0 Å². The molecule has 0 saturated carbocycles. The van der Waals surface area contributed by atoms with Crippen LogP contribution in [0.25, 0.3) is 0 Å². The van der Waals surface area contributed by atoms with E-state index in [0.717, 1.165) is 5.56 Å². The topological polar surface area (TPSA) is 47.6 Å². The molecular weight excluding hydrogens is 172 g/mol. The van der Waals surface area contributed by atoms with Gasteiger partial charge in [0.15, 0.2) is 0 Å². The number of hydrogen-bond acceptors (Lipinski definition) is 2. The average Bonchev–Trinajstić information content (AvgIpc) is 2.26. The zero-order valence-corrected chi connectivity index (χ0v) is 7.57. The molecule has 14 heavy (non-hydrogen) atoms. The van der Waals surface area contributed by atoms with E-state index in [1.165, 1.54) is 0 Å². The third-order valence-electron chi connectivity index (χ3n) is 1.62. The molecule has 1 aromatic rings. The Labute approximate surface area is 83.4 Å². The van der Waals surface area contributed by atoms with Crippen molar-refractivity contribution in [3.8, 4) is 24.0 Å². The van der Waals surface area contributed by atoms with Gasteiger partial charge in [0, 0.05) is 12.0 Å². The van der Waals surface area contributed by atoms with Gasteiger partial charge in [0.1, 0.15) is 5.92 Å². The van der Waals surface area contributed by atoms with Crippen molar-refractivity contribution in [3.05, 3.63) is 35.9 Å². The van der Waals surface area contributed by atoms with Gasteiger partial charge in [-0.3, -0.25) is 0 Å². The van der Waals surface area contributed by atoms with Gasteiger partial charge in [0.25, 0.3) is 0 Å². The molecule has 0 spiro atoms. The van der Waals surface area contributed by atoms with Crippen molar-refractivity contribution in [2.45, 2.75) is 6.42 Å². The molecule has 1 rings (SSSR count). The highest BCUT2D eigenvalue weighted by Gasteiger charge is 2.00. The van der Waals surface area contributed by atoms with Crippen LogP contribution < -0.4 is 0 Å². The SMILES string of the molecule is N#CC(C#N)CC#Cc1ccccc1. The summed E-state index contributed by atoms with van der Waals surface area (Å²) in [6.45, 7) is 0. The molecular formula is C12H8N2. The first kappa shape index (κ1) is 9.85. The van der Waals surface area contributed by atoms with Crippen LogP contribution in [0.4, 0.5) is 0 Å². The fraction of sp³-hybridized carbons (Fsp3) is 0.167. The second-order valence-corrected chi connectivity index (χ2v) is 2.68. The largest absolute Gasteiger partial charge is 0.197 e. The van der Waals surface area contributed by atoms with Gasteiger partial charge < -0.3 is 0 Å². The van der Waals surface area contributed by atoms with Crippen LogP contribution in [0.15, 0.2) is 30.3 Å².